The molecule has 1 rings (SSSR count). The van der Waals surface area contributed by atoms with E-state index in [0.717, 1.165) is 25.8 Å². The highest BCUT2D eigenvalue weighted by Crippen LogP contribution is 2.29. The summed E-state index contributed by atoms with van der Waals surface area (Å²) in [5.41, 5.74) is 0. The van der Waals surface area contributed by atoms with Crippen molar-refractivity contribution in [3.05, 3.63) is 0 Å². The van der Waals surface area contributed by atoms with Crippen molar-refractivity contribution in [1.29, 1.82) is 0 Å². The number of hydrogen-bond acceptors (Lipinski definition) is 2. The molecule has 14 heavy (non-hydrogen) atoms. The Kier molecular flexibility index (Phi) is 4.19. The van der Waals surface area contributed by atoms with E-state index in [1.54, 1.807) is 4.90 Å². The van der Waals surface area contributed by atoms with Gasteiger partial charge < -0.3 is 5.32 Å². The lowest BCUT2D eigenvalue weighted by Crippen LogP contribution is -2.37. The molecular formula is C9H17F3N2. The molecule has 0 radical (unpaired) electrons. The van der Waals surface area contributed by atoms with Crippen LogP contribution < -0.4 is 5.32 Å². The zero-order chi connectivity index (χ0) is 10.6. The van der Waals surface area contributed by atoms with Crippen molar-refractivity contribution in [2.24, 2.45) is 0 Å². The van der Waals surface area contributed by atoms with Crippen LogP contribution in [0.25, 0.3) is 0 Å². The maximum atomic E-state index is 12.1. The fourth-order valence-corrected chi connectivity index (χ4v) is 1.52. The number of rotatable bonds is 6. The fraction of sp³-hybridized carbons (Fsp3) is 1.00. The largest absolute Gasteiger partial charge is 0.401 e. The monoisotopic (exact) mass is 210 g/mol. The quantitative estimate of drug-likeness (QED) is 0.670. The molecule has 0 heterocycles. The van der Waals surface area contributed by atoms with Gasteiger partial charge in [0.05, 0.1) is 6.54 Å². The van der Waals surface area contributed by atoms with Gasteiger partial charge in [-0.3, -0.25) is 4.90 Å². The van der Waals surface area contributed by atoms with Crippen molar-refractivity contribution < 1.29 is 13.2 Å². The molecule has 1 fully saturated rings. The summed E-state index contributed by atoms with van der Waals surface area (Å²) >= 11 is 0. The van der Waals surface area contributed by atoms with Crippen molar-refractivity contribution in [2.75, 3.05) is 26.7 Å². The van der Waals surface area contributed by atoms with Crippen LogP contribution in [0, 0.1) is 0 Å². The second-order valence-corrected chi connectivity index (χ2v) is 3.77. The highest BCUT2D eigenvalue weighted by atomic mass is 19.4. The fourth-order valence-electron chi connectivity index (χ4n) is 1.52. The van der Waals surface area contributed by atoms with Gasteiger partial charge in [0.2, 0.25) is 0 Å². The van der Waals surface area contributed by atoms with E-state index in [1.165, 1.54) is 0 Å². The highest BCUT2D eigenvalue weighted by molar-refractivity contribution is 4.85. The summed E-state index contributed by atoms with van der Waals surface area (Å²) < 4.78 is 36.4. The molecule has 0 atom stereocenters. The molecule has 1 aliphatic rings. The Morgan fingerprint density at radius 3 is 2.43 bits per heavy atom. The molecule has 1 saturated carbocycles. The molecule has 0 bridgehead atoms. The molecule has 0 aliphatic heterocycles. The minimum atomic E-state index is -4.05. The van der Waals surface area contributed by atoms with Crippen LogP contribution in [-0.2, 0) is 0 Å². The Morgan fingerprint density at radius 1 is 1.36 bits per heavy atom. The smallest absolute Gasteiger partial charge is 0.320 e. The Labute approximate surface area is 82.5 Å². The van der Waals surface area contributed by atoms with Crippen LogP contribution in [0.5, 0.6) is 0 Å². The summed E-state index contributed by atoms with van der Waals surface area (Å²) in [6.07, 6.45) is -1.42. The molecular weight excluding hydrogens is 193 g/mol. The van der Waals surface area contributed by atoms with E-state index in [-0.39, 0.29) is 6.04 Å². The second kappa shape index (κ2) is 4.98. The first-order valence-corrected chi connectivity index (χ1v) is 4.98. The number of alkyl halides is 3. The van der Waals surface area contributed by atoms with Crippen LogP contribution in [-0.4, -0.2) is 43.8 Å². The number of halogens is 3. The van der Waals surface area contributed by atoms with Crippen LogP contribution >= 0.6 is 0 Å². The average Bonchev–Trinajstić information content (AvgIpc) is 2.83. The molecule has 1 aliphatic carbocycles. The lowest BCUT2D eigenvalue weighted by atomic mass is 10.3. The standard InChI is InChI=1S/C9H17F3N2/c1-13-5-2-6-14(8-3-4-8)7-9(10,11)12/h8,13H,2-7H2,1H3. The first-order valence-electron chi connectivity index (χ1n) is 4.98. The topological polar surface area (TPSA) is 15.3 Å². The maximum Gasteiger partial charge on any atom is 0.401 e. The Bertz CT molecular complexity index is 166. The van der Waals surface area contributed by atoms with E-state index in [0.29, 0.717) is 6.54 Å². The highest BCUT2D eigenvalue weighted by Gasteiger charge is 2.37. The molecule has 0 aromatic rings. The summed E-state index contributed by atoms with van der Waals surface area (Å²) in [4.78, 5) is 1.55. The molecule has 0 aromatic heterocycles. The summed E-state index contributed by atoms with van der Waals surface area (Å²) in [5.74, 6) is 0. The van der Waals surface area contributed by atoms with Gasteiger partial charge in [0, 0.05) is 6.04 Å². The predicted molar refractivity (Wildman–Crippen MR) is 49.2 cm³/mol. The average molecular weight is 210 g/mol. The first kappa shape index (κ1) is 11.8. The Morgan fingerprint density at radius 2 is 2.00 bits per heavy atom. The van der Waals surface area contributed by atoms with Gasteiger partial charge in [-0.1, -0.05) is 0 Å². The number of hydrogen-bond donors (Lipinski definition) is 1. The molecule has 84 valence electrons. The van der Waals surface area contributed by atoms with Crippen molar-refractivity contribution in [1.82, 2.24) is 10.2 Å². The minimum absolute atomic E-state index is 0.188. The molecule has 0 unspecified atom stereocenters. The van der Waals surface area contributed by atoms with Gasteiger partial charge >= 0.3 is 6.18 Å². The van der Waals surface area contributed by atoms with Crippen LogP contribution in [0.3, 0.4) is 0 Å². The number of nitrogens with one attached hydrogen (secondary N) is 1. The van der Waals surface area contributed by atoms with Crippen LogP contribution in [0.4, 0.5) is 13.2 Å². The summed E-state index contributed by atoms with van der Waals surface area (Å²) in [6, 6.07) is 0.188. The summed E-state index contributed by atoms with van der Waals surface area (Å²) in [6.45, 7) is 0.577. The molecule has 5 heteroatoms. The lowest BCUT2D eigenvalue weighted by molar-refractivity contribution is -0.147. The van der Waals surface area contributed by atoms with Crippen LogP contribution in [0.15, 0.2) is 0 Å². The minimum Gasteiger partial charge on any atom is -0.320 e. The molecule has 2 nitrogen and oxygen atoms in total. The molecule has 0 amide bonds. The SMILES string of the molecule is CNCCCN(CC(F)(F)F)C1CC1. The van der Waals surface area contributed by atoms with E-state index < -0.39 is 12.7 Å². The van der Waals surface area contributed by atoms with Crippen LogP contribution in [0.2, 0.25) is 0 Å². The van der Waals surface area contributed by atoms with Crippen molar-refractivity contribution >= 4 is 0 Å². The van der Waals surface area contributed by atoms with Crippen LogP contribution in [0.1, 0.15) is 19.3 Å². The maximum absolute atomic E-state index is 12.1. The van der Waals surface area contributed by atoms with E-state index in [1.807, 2.05) is 7.05 Å². The van der Waals surface area contributed by atoms with Crippen molar-refractivity contribution in [3.8, 4) is 0 Å². The third-order valence-electron chi connectivity index (χ3n) is 2.32. The van der Waals surface area contributed by atoms with Gasteiger partial charge in [-0.15, -0.1) is 0 Å². The third kappa shape index (κ3) is 4.81. The van der Waals surface area contributed by atoms with Gasteiger partial charge in [-0.05, 0) is 39.4 Å². The van der Waals surface area contributed by atoms with Gasteiger partial charge in [0.25, 0.3) is 0 Å². The van der Waals surface area contributed by atoms with E-state index in [9.17, 15) is 13.2 Å². The second-order valence-electron chi connectivity index (χ2n) is 3.77. The zero-order valence-electron chi connectivity index (χ0n) is 8.40. The normalized spacial score (nSPS) is 17.8. The van der Waals surface area contributed by atoms with E-state index >= 15 is 0 Å². The van der Waals surface area contributed by atoms with E-state index in [4.69, 9.17) is 0 Å². The number of nitrogens with zero attached hydrogens (tertiary/aromatic N) is 1. The summed E-state index contributed by atoms with van der Waals surface area (Å²) in [7, 11) is 1.81. The summed E-state index contributed by atoms with van der Waals surface area (Å²) in [5, 5.41) is 2.94. The molecule has 0 spiro atoms. The Balaban J connectivity index is 2.24. The lowest BCUT2D eigenvalue weighted by Gasteiger charge is -2.23. The van der Waals surface area contributed by atoms with Gasteiger partial charge in [-0.25, -0.2) is 0 Å². The first-order chi connectivity index (χ1) is 6.53. The molecule has 0 aromatic carbocycles. The van der Waals surface area contributed by atoms with Gasteiger partial charge in [0.15, 0.2) is 0 Å². The third-order valence-corrected chi connectivity index (χ3v) is 2.32. The molecule has 0 saturated heterocycles. The van der Waals surface area contributed by atoms with Crippen molar-refractivity contribution in [3.63, 3.8) is 0 Å². The van der Waals surface area contributed by atoms with Crippen molar-refractivity contribution in [2.45, 2.75) is 31.5 Å². The Hall–Kier alpha value is -0.290. The predicted octanol–water partition coefficient (Wildman–Crippen LogP) is 1.62. The van der Waals surface area contributed by atoms with Gasteiger partial charge in [0.1, 0.15) is 0 Å². The van der Waals surface area contributed by atoms with E-state index in [2.05, 4.69) is 5.32 Å². The molecule has 1 N–H and O–H groups in total. The van der Waals surface area contributed by atoms with Gasteiger partial charge in [-0.2, -0.15) is 13.2 Å². The zero-order valence-corrected chi connectivity index (χ0v) is 8.40.